The van der Waals surface area contributed by atoms with Gasteiger partial charge in [-0.3, -0.25) is 10.1 Å². The number of para-hydroxylation sites is 2. The molecule has 2 aromatic carbocycles. The first-order valence-electron chi connectivity index (χ1n) is 8.15. The maximum absolute atomic E-state index is 12.4. The molecule has 0 aliphatic rings. The lowest BCUT2D eigenvalue weighted by Crippen LogP contribution is -2.21. The molecular weight excluding hydrogens is 350 g/mol. The number of phenolic OH excluding ortho intramolecular Hbond substituents is 2. The van der Waals surface area contributed by atoms with E-state index in [1.807, 2.05) is 24.3 Å². The fraction of sp³-hybridized carbons (Fsp3) is 0.105. The number of H-pyrrole nitrogens is 1. The summed E-state index contributed by atoms with van der Waals surface area (Å²) in [5, 5.41) is 22.5. The zero-order valence-corrected chi connectivity index (χ0v) is 14.2. The maximum atomic E-state index is 12.4. The van der Waals surface area contributed by atoms with Crippen LogP contribution in [0.15, 0.2) is 45.6 Å². The van der Waals surface area contributed by atoms with Gasteiger partial charge < -0.3 is 19.6 Å². The second-order valence-corrected chi connectivity index (χ2v) is 6.16. The highest BCUT2D eigenvalue weighted by Crippen LogP contribution is 2.32. The molecule has 1 amide bonds. The lowest BCUT2D eigenvalue weighted by molar-refractivity contribution is -0.115. The van der Waals surface area contributed by atoms with Gasteiger partial charge in [0.1, 0.15) is 17.1 Å². The SMILES string of the molecule is Cc1c(CC(=O)Nc2nc3ccccc3[nH]2)c(=O)oc2cc(O)cc(O)c12. The van der Waals surface area contributed by atoms with Gasteiger partial charge in [-0.1, -0.05) is 12.1 Å². The zero-order chi connectivity index (χ0) is 19.1. The van der Waals surface area contributed by atoms with Crippen molar-refractivity contribution in [3.05, 3.63) is 57.9 Å². The molecule has 136 valence electrons. The molecule has 0 spiro atoms. The number of aromatic nitrogens is 2. The van der Waals surface area contributed by atoms with Gasteiger partial charge in [0.25, 0.3) is 0 Å². The van der Waals surface area contributed by atoms with Gasteiger partial charge >= 0.3 is 5.63 Å². The first-order chi connectivity index (χ1) is 12.9. The lowest BCUT2D eigenvalue weighted by Gasteiger charge is -2.09. The Labute approximate surface area is 152 Å². The molecule has 0 unspecified atom stereocenters. The van der Waals surface area contributed by atoms with Crippen LogP contribution in [0, 0.1) is 6.92 Å². The molecule has 0 saturated carbocycles. The van der Waals surface area contributed by atoms with Crippen molar-refractivity contribution in [3.63, 3.8) is 0 Å². The largest absolute Gasteiger partial charge is 0.508 e. The Morgan fingerprint density at radius 3 is 2.81 bits per heavy atom. The molecule has 4 aromatic rings. The predicted molar refractivity (Wildman–Crippen MR) is 99.0 cm³/mol. The van der Waals surface area contributed by atoms with Crippen molar-refractivity contribution in [2.24, 2.45) is 0 Å². The number of hydrogen-bond acceptors (Lipinski definition) is 6. The predicted octanol–water partition coefficient (Wildman–Crippen LogP) is 2.57. The fourth-order valence-electron chi connectivity index (χ4n) is 3.06. The van der Waals surface area contributed by atoms with Gasteiger partial charge in [0.15, 0.2) is 0 Å². The number of nitrogens with one attached hydrogen (secondary N) is 2. The molecule has 0 aliphatic carbocycles. The van der Waals surface area contributed by atoms with Crippen molar-refractivity contribution in [3.8, 4) is 11.5 Å². The first-order valence-corrected chi connectivity index (χ1v) is 8.15. The lowest BCUT2D eigenvalue weighted by atomic mass is 10.0. The second kappa shape index (κ2) is 6.17. The van der Waals surface area contributed by atoms with Crippen LogP contribution in [-0.2, 0) is 11.2 Å². The van der Waals surface area contributed by atoms with Crippen LogP contribution in [0.1, 0.15) is 11.1 Å². The van der Waals surface area contributed by atoms with Gasteiger partial charge in [-0.25, -0.2) is 9.78 Å². The topological polar surface area (TPSA) is 128 Å². The number of carbonyl (C=O) groups excluding carboxylic acids is 1. The minimum Gasteiger partial charge on any atom is -0.508 e. The molecule has 2 heterocycles. The van der Waals surface area contributed by atoms with Crippen LogP contribution in [0.4, 0.5) is 5.95 Å². The summed E-state index contributed by atoms with van der Waals surface area (Å²) in [6, 6.07) is 9.71. The van der Waals surface area contributed by atoms with Crippen molar-refractivity contribution in [2.75, 3.05) is 5.32 Å². The number of rotatable bonds is 3. The van der Waals surface area contributed by atoms with Crippen molar-refractivity contribution >= 4 is 33.9 Å². The molecular formula is C19H15N3O5. The average molecular weight is 365 g/mol. The molecule has 4 N–H and O–H groups in total. The number of nitrogens with zero attached hydrogens (tertiary/aromatic N) is 1. The van der Waals surface area contributed by atoms with Crippen LogP contribution < -0.4 is 10.9 Å². The standard InChI is InChI=1S/C19H15N3O5/c1-9-11(18(26)27-15-7-10(23)6-14(24)17(9)15)8-16(25)22-19-20-12-4-2-3-5-13(12)21-19/h2-7,23-24H,8H2,1H3,(H2,20,21,22,25). The number of aryl methyl sites for hydroxylation is 1. The number of aromatic hydroxyl groups is 2. The highest BCUT2D eigenvalue weighted by molar-refractivity contribution is 5.94. The van der Waals surface area contributed by atoms with Gasteiger partial charge in [-0.2, -0.15) is 0 Å². The van der Waals surface area contributed by atoms with E-state index >= 15 is 0 Å². The molecule has 4 rings (SSSR count). The van der Waals surface area contributed by atoms with E-state index in [1.165, 1.54) is 6.07 Å². The minimum atomic E-state index is -0.704. The summed E-state index contributed by atoms with van der Waals surface area (Å²) in [5.41, 5.74) is 1.37. The number of aromatic amines is 1. The molecule has 8 nitrogen and oxygen atoms in total. The van der Waals surface area contributed by atoms with Crippen molar-refractivity contribution in [2.45, 2.75) is 13.3 Å². The van der Waals surface area contributed by atoms with Crippen molar-refractivity contribution < 1.29 is 19.4 Å². The summed E-state index contributed by atoms with van der Waals surface area (Å²) in [6.45, 7) is 1.61. The van der Waals surface area contributed by atoms with E-state index < -0.39 is 11.5 Å². The molecule has 0 radical (unpaired) electrons. The number of phenols is 2. The Bertz CT molecular complexity index is 1220. The van der Waals surface area contributed by atoms with Crippen LogP contribution in [0.25, 0.3) is 22.0 Å². The monoisotopic (exact) mass is 365 g/mol. The van der Waals surface area contributed by atoms with Crippen LogP contribution >= 0.6 is 0 Å². The smallest absolute Gasteiger partial charge is 0.340 e. The van der Waals surface area contributed by atoms with Gasteiger partial charge in [0.2, 0.25) is 11.9 Å². The number of hydrogen-bond donors (Lipinski definition) is 4. The quantitative estimate of drug-likeness (QED) is 0.413. The maximum Gasteiger partial charge on any atom is 0.340 e. The second-order valence-electron chi connectivity index (χ2n) is 6.16. The molecule has 2 aromatic heterocycles. The number of anilines is 1. The molecule has 0 bridgehead atoms. The van der Waals surface area contributed by atoms with E-state index in [-0.39, 0.29) is 40.4 Å². The molecule has 0 aliphatic heterocycles. The number of fused-ring (bicyclic) bond motifs is 2. The Morgan fingerprint density at radius 1 is 1.26 bits per heavy atom. The van der Waals surface area contributed by atoms with Gasteiger partial charge in [0.05, 0.1) is 28.4 Å². The third-order valence-electron chi connectivity index (χ3n) is 4.33. The van der Waals surface area contributed by atoms with Crippen LogP contribution in [0.2, 0.25) is 0 Å². The summed E-state index contributed by atoms with van der Waals surface area (Å²) in [4.78, 5) is 31.9. The van der Waals surface area contributed by atoms with E-state index in [2.05, 4.69) is 15.3 Å². The molecule has 27 heavy (non-hydrogen) atoms. The summed E-state index contributed by atoms with van der Waals surface area (Å²) >= 11 is 0. The molecule has 0 fully saturated rings. The molecule has 0 atom stereocenters. The first kappa shape index (κ1) is 16.6. The highest BCUT2D eigenvalue weighted by Gasteiger charge is 2.18. The number of carbonyl (C=O) groups is 1. The summed E-state index contributed by atoms with van der Waals surface area (Å²) in [7, 11) is 0. The fourth-order valence-corrected chi connectivity index (χ4v) is 3.06. The highest BCUT2D eigenvalue weighted by atomic mass is 16.4. The number of amides is 1. The minimum absolute atomic E-state index is 0.0523. The number of imidazole rings is 1. The van der Waals surface area contributed by atoms with E-state index in [1.54, 1.807) is 6.92 Å². The Hall–Kier alpha value is -3.81. The third kappa shape index (κ3) is 2.97. The molecule has 8 heteroatoms. The zero-order valence-electron chi connectivity index (χ0n) is 14.2. The van der Waals surface area contributed by atoms with Crippen LogP contribution in [0.3, 0.4) is 0 Å². The van der Waals surface area contributed by atoms with E-state index in [4.69, 9.17) is 4.42 Å². The summed E-state index contributed by atoms with van der Waals surface area (Å²) < 4.78 is 5.16. The van der Waals surface area contributed by atoms with E-state index in [0.717, 1.165) is 11.6 Å². The van der Waals surface area contributed by atoms with Crippen molar-refractivity contribution in [1.82, 2.24) is 9.97 Å². The third-order valence-corrected chi connectivity index (χ3v) is 4.33. The van der Waals surface area contributed by atoms with Gasteiger partial charge in [-0.15, -0.1) is 0 Å². The van der Waals surface area contributed by atoms with E-state index in [9.17, 15) is 19.8 Å². The Kier molecular flexibility index (Phi) is 3.80. The van der Waals surface area contributed by atoms with Gasteiger partial charge in [0, 0.05) is 12.1 Å². The molecule has 0 saturated heterocycles. The van der Waals surface area contributed by atoms with Crippen LogP contribution in [-0.4, -0.2) is 26.1 Å². The van der Waals surface area contributed by atoms with Gasteiger partial charge in [-0.05, 0) is 24.6 Å². The normalized spacial score (nSPS) is 11.1. The Morgan fingerprint density at radius 2 is 2.04 bits per heavy atom. The Balaban J connectivity index is 1.66. The van der Waals surface area contributed by atoms with Crippen LogP contribution in [0.5, 0.6) is 11.5 Å². The van der Waals surface area contributed by atoms with Crippen molar-refractivity contribution in [1.29, 1.82) is 0 Å². The average Bonchev–Trinajstić information content (AvgIpc) is 2.99. The number of benzene rings is 2. The summed E-state index contributed by atoms with van der Waals surface area (Å²) in [6.07, 6.45) is -0.249. The summed E-state index contributed by atoms with van der Waals surface area (Å²) in [5.74, 6) is -0.637. The van der Waals surface area contributed by atoms with E-state index in [0.29, 0.717) is 11.1 Å².